The van der Waals surface area contributed by atoms with Crippen LogP contribution in [-0.2, 0) is 6.54 Å². The Hall–Kier alpha value is -1.91. The molecule has 23 heavy (non-hydrogen) atoms. The van der Waals surface area contributed by atoms with E-state index in [4.69, 9.17) is 23.8 Å². The molecular formula is C18H19ClN2OS. The lowest BCUT2D eigenvalue weighted by molar-refractivity contribution is 0.0976. The molecule has 0 fully saturated rings. The minimum absolute atomic E-state index is 0.225. The number of hydrogen-bond donors (Lipinski definition) is 2. The molecule has 1 amide bonds. The van der Waals surface area contributed by atoms with Gasteiger partial charge in [0.1, 0.15) is 0 Å². The second kappa shape index (κ2) is 8.09. The number of nitrogens with one attached hydrogen (secondary N) is 2. The van der Waals surface area contributed by atoms with Gasteiger partial charge in [0.05, 0.1) is 0 Å². The van der Waals surface area contributed by atoms with Crippen LogP contribution in [0.2, 0.25) is 5.02 Å². The molecule has 3 nitrogen and oxygen atoms in total. The molecule has 0 aromatic heterocycles. The second-order valence-corrected chi connectivity index (χ2v) is 6.32. The zero-order chi connectivity index (χ0) is 16.8. The van der Waals surface area contributed by atoms with E-state index in [2.05, 4.69) is 24.5 Å². The lowest BCUT2D eigenvalue weighted by Gasteiger charge is -2.11. The van der Waals surface area contributed by atoms with Gasteiger partial charge < -0.3 is 5.32 Å². The molecule has 2 rings (SSSR count). The van der Waals surface area contributed by atoms with Gasteiger partial charge in [-0.05, 0) is 47.5 Å². The van der Waals surface area contributed by atoms with Crippen molar-refractivity contribution in [1.82, 2.24) is 10.6 Å². The third-order valence-corrected chi connectivity index (χ3v) is 4.08. The van der Waals surface area contributed by atoms with E-state index in [1.54, 1.807) is 12.1 Å². The van der Waals surface area contributed by atoms with Crippen LogP contribution >= 0.6 is 23.8 Å². The lowest BCUT2D eigenvalue weighted by atomic mass is 10.0. The Kier molecular flexibility index (Phi) is 6.13. The van der Waals surface area contributed by atoms with Crippen molar-refractivity contribution in [2.45, 2.75) is 26.3 Å². The fourth-order valence-corrected chi connectivity index (χ4v) is 2.42. The van der Waals surface area contributed by atoms with Crippen molar-refractivity contribution in [2.24, 2.45) is 0 Å². The van der Waals surface area contributed by atoms with E-state index >= 15 is 0 Å². The summed E-state index contributed by atoms with van der Waals surface area (Å²) in [5, 5.41) is 6.60. The Morgan fingerprint density at radius 3 is 2.39 bits per heavy atom. The van der Waals surface area contributed by atoms with E-state index in [-0.39, 0.29) is 11.0 Å². The zero-order valence-electron chi connectivity index (χ0n) is 13.1. The van der Waals surface area contributed by atoms with Gasteiger partial charge in [-0.25, -0.2) is 0 Å². The first-order chi connectivity index (χ1) is 11.0. The van der Waals surface area contributed by atoms with Crippen LogP contribution in [-0.4, -0.2) is 11.0 Å². The molecule has 0 saturated carbocycles. The molecule has 0 bridgehead atoms. The molecule has 0 spiro atoms. The van der Waals surface area contributed by atoms with Gasteiger partial charge in [0, 0.05) is 17.1 Å². The molecule has 0 radical (unpaired) electrons. The molecule has 0 unspecified atom stereocenters. The number of thiocarbonyl (C=S) groups is 1. The van der Waals surface area contributed by atoms with Crippen LogP contribution in [0.4, 0.5) is 0 Å². The summed E-state index contributed by atoms with van der Waals surface area (Å²) in [5.41, 5.74) is 2.70. The van der Waals surface area contributed by atoms with Crippen LogP contribution in [0.3, 0.4) is 0 Å². The molecule has 2 aromatic rings. The number of halogens is 1. The van der Waals surface area contributed by atoms with Gasteiger partial charge in [-0.15, -0.1) is 0 Å². The van der Waals surface area contributed by atoms with Crippen molar-refractivity contribution in [3.63, 3.8) is 0 Å². The standard InChI is InChI=1S/C18H19ClN2OS/c1-12(2)13-7-9-14(10-8-13)17(22)21-18(23)20-11-15-5-3-4-6-16(15)19/h3-10,12H,11H2,1-2H3,(H2,20,21,22,23). The number of benzene rings is 2. The number of carbonyl (C=O) groups excluding carboxylic acids is 1. The highest BCUT2D eigenvalue weighted by Crippen LogP contribution is 2.15. The van der Waals surface area contributed by atoms with Crippen molar-refractivity contribution in [3.8, 4) is 0 Å². The third kappa shape index (κ3) is 5.05. The van der Waals surface area contributed by atoms with Crippen LogP contribution in [0.5, 0.6) is 0 Å². The lowest BCUT2D eigenvalue weighted by Crippen LogP contribution is -2.38. The molecule has 0 heterocycles. The summed E-state index contributed by atoms with van der Waals surface area (Å²) in [6.45, 7) is 4.69. The van der Waals surface area contributed by atoms with Crippen molar-refractivity contribution in [2.75, 3.05) is 0 Å². The number of amides is 1. The second-order valence-electron chi connectivity index (χ2n) is 5.50. The Morgan fingerprint density at radius 2 is 1.78 bits per heavy atom. The smallest absolute Gasteiger partial charge is 0.257 e. The molecule has 0 saturated heterocycles. The van der Waals surface area contributed by atoms with Gasteiger partial charge in [-0.2, -0.15) is 0 Å². The average Bonchev–Trinajstić information content (AvgIpc) is 2.54. The molecule has 0 aliphatic rings. The fourth-order valence-electron chi connectivity index (χ4n) is 2.06. The summed E-state index contributed by atoms with van der Waals surface area (Å²) in [5.74, 6) is 0.211. The first-order valence-corrected chi connectivity index (χ1v) is 8.18. The normalized spacial score (nSPS) is 10.4. The van der Waals surface area contributed by atoms with Crippen LogP contribution < -0.4 is 10.6 Å². The molecule has 5 heteroatoms. The minimum atomic E-state index is -0.225. The largest absolute Gasteiger partial charge is 0.358 e. The summed E-state index contributed by atoms with van der Waals surface area (Å²) in [6, 6.07) is 15.0. The van der Waals surface area contributed by atoms with Crippen LogP contribution in [0.15, 0.2) is 48.5 Å². The Balaban J connectivity index is 1.89. The quantitative estimate of drug-likeness (QED) is 0.812. The zero-order valence-corrected chi connectivity index (χ0v) is 14.7. The summed E-state index contributed by atoms with van der Waals surface area (Å²) in [6.07, 6.45) is 0. The van der Waals surface area contributed by atoms with Crippen molar-refractivity contribution < 1.29 is 4.79 Å². The first-order valence-electron chi connectivity index (χ1n) is 7.40. The van der Waals surface area contributed by atoms with Crippen LogP contribution in [0.1, 0.15) is 41.3 Å². The van der Waals surface area contributed by atoms with E-state index in [1.807, 2.05) is 36.4 Å². The Bertz CT molecular complexity index is 698. The first kappa shape index (κ1) is 17.4. The molecular weight excluding hydrogens is 328 g/mol. The minimum Gasteiger partial charge on any atom is -0.358 e. The molecule has 120 valence electrons. The summed E-state index contributed by atoms with van der Waals surface area (Å²) < 4.78 is 0. The monoisotopic (exact) mass is 346 g/mol. The SMILES string of the molecule is CC(C)c1ccc(C(=O)NC(=S)NCc2ccccc2Cl)cc1. The van der Waals surface area contributed by atoms with E-state index in [0.717, 1.165) is 5.56 Å². The molecule has 0 atom stereocenters. The highest BCUT2D eigenvalue weighted by molar-refractivity contribution is 7.80. The van der Waals surface area contributed by atoms with E-state index in [9.17, 15) is 4.79 Å². The third-order valence-electron chi connectivity index (χ3n) is 3.46. The fraction of sp³-hybridized carbons (Fsp3) is 0.222. The predicted octanol–water partition coefficient (Wildman–Crippen LogP) is 4.27. The van der Waals surface area contributed by atoms with Crippen LogP contribution in [0.25, 0.3) is 0 Å². The maximum Gasteiger partial charge on any atom is 0.257 e. The maximum atomic E-state index is 12.1. The summed E-state index contributed by atoms with van der Waals surface area (Å²) >= 11 is 11.2. The summed E-state index contributed by atoms with van der Waals surface area (Å²) in [7, 11) is 0. The number of hydrogen-bond acceptors (Lipinski definition) is 2. The van der Waals surface area contributed by atoms with E-state index in [1.165, 1.54) is 5.56 Å². The molecule has 0 aliphatic heterocycles. The average molecular weight is 347 g/mol. The highest BCUT2D eigenvalue weighted by atomic mass is 35.5. The van der Waals surface area contributed by atoms with Gasteiger partial charge in [0.2, 0.25) is 0 Å². The van der Waals surface area contributed by atoms with Gasteiger partial charge in [-0.3, -0.25) is 10.1 Å². The topological polar surface area (TPSA) is 41.1 Å². The van der Waals surface area contributed by atoms with Gasteiger partial charge >= 0.3 is 0 Å². The van der Waals surface area contributed by atoms with Gasteiger partial charge in [-0.1, -0.05) is 55.8 Å². The van der Waals surface area contributed by atoms with E-state index in [0.29, 0.717) is 23.0 Å². The van der Waals surface area contributed by atoms with Gasteiger partial charge in [0.15, 0.2) is 5.11 Å². The maximum absolute atomic E-state index is 12.1. The molecule has 2 aromatic carbocycles. The van der Waals surface area contributed by atoms with E-state index < -0.39 is 0 Å². The summed E-state index contributed by atoms with van der Waals surface area (Å²) in [4.78, 5) is 12.1. The van der Waals surface area contributed by atoms with Crippen molar-refractivity contribution in [3.05, 3.63) is 70.2 Å². The van der Waals surface area contributed by atoms with Crippen molar-refractivity contribution in [1.29, 1.82) is 0 Å². The van der Waals surface area contributed by atoms with Crippen molar-refractivity contribution >= 4 is 34.8 Å². The van der Waals surface area contributed by atoms with Crippen LogP contribution in [0, 0.1) is 0 Å². The highest BCUT2D eigenvalue weighted by Gasteiger charge is 2.09. The molecule has 2 N–H and O–H groups in total. The van der Waals surface area contributed by atoms with Gasteiger partial charge in [0.25, 0.3) is 5.91 Å². The number of carbonyl (C=O) groups is 1. The Labute approximate surface area is 147 Å². The predicted molar refractivity (Wildman–Crippen MR) is 98.9 cm³/mol. The number of rotatable bonds is 4. The molecule has 0 aliphatic carbocycles. The Morgan fingerprint density at radius 1 is 1.13 bits per heavy atom.